The molecular formula is C13H21N3O2. The summed E-state index contributed by atoms with van der Waals surface area (Å²) in [7, 11) is 1.89. The lowest BCUT2D eigenvalue weighted by Gasteiger charge is -2.23. The highest BCUT2D eigenvalue weighted by atomic mass is 16.5. The molecule has 1 aromatic heterocycles. The van der Waals surface area contributed by atoms with Gasteiger partial charge in [-0.1, -0.05) is 6.92 Å². The van der Waals surface area contributed by atoms with Gasteiger partial charge in [-0.2, -0.15) is 5.10 Å². The maximum absolute atomic E-state index is 12.0. The van der Waals surface area contributed by atoms with Gasteiger partial charge in [-0.15, -0.1) is 0 Å². The van der Waals surface area contributed by atoms with Gasteiger partial charge in [0.2, 0.25) is 0 Å². The van der Waals surface area contributed by atoms with Crippen molar-refractivity contribution in [1.29, 1.82) is 0 Å². The molecule has 1 aliphatic rings. The maximum atomic E-state index is 12.0. The zero-order valence-electron chi connectivity index (χ0n) is 11.1. The van der Waals surface area contributed by atoms with Crippen molar-refractivity contribution in [1.82, 2.24) is 15.1 Å². The van der Waals surface area contributed by atoms with Crippen LogP contribution in [0.4, 0.5) is 0 Å². The molecule has 2 rings (SSSR count). The van der Waals surface area contributed by atoms with Crippen LogP contribution >= 0.6 is 0 Å². The van der Waals surface area contributed by atoms with Crippen LogP contribution in [0.1, 0.15) is 24.7 Å². The molecule has 1 aliphatic heterocycles. The Morgan fingerprint density at radius 1 is 1.67 bits per heavy atom. The average molecular weight is 251 g/mol. The van der Waals surface area contributed by atoms with E-state index in [0.717, 1.165) is 31.0 Å². The van der Waals surface area contributed by atoms with Crippen LogP contribution in [0.5, 0.6) is 0 Å². The minimum Gasteiger partial charge on any atom is -0.379 e. The lowest BCUT2D eigenvalue weighted by Crippen LogP contribution is -2.42. The second kappa shape index (κ2) is 6.11. The second-order valence-corrected chi connectivity index (χ2v) is 4.75. The molecule has 0 amide bonds. The Morgan fingerprint density at radius 2 is 2.50 bits per heavy atom. The van der Waals surface area contributed by atoms with Crippen LogP contribution in [0.2, 0.25) is 0 Å². The van der Waals surface area contributed by atoms with Crippen LogP contribution in [-0.2, 0) is 29.4 Å². The van der Waals surface area contributed by atoms with Crippen LogP contribution in [-0.4, -0.2) is 41.4 Å². The third-order valence-corrected chi connectivity index (χ3v) is 3.24. The van der Waals surface area contributed by atoms with Gasteiger partial charge in [0, 0.05) is 38.2 Å². The number of nitrogens with zero attached hydrogens (tertiary/aromatic N) is 2. The van der Waals surface area contributed by atoms with E-state index in [2.05, 4.69) is 17.3 Å². The number of ether oxygens (including phenoxy) is 1. The molecule has 0 bridgehead atoms. The van der Waals surface area contributed by atoms with Gasteiger partial charge in [0.1, 0.15) is 5.78 Å². The van der Waals surface area contributed by atoms with Crippen LogP contribution in [0.25, 0.3) is 0 Å². The molecule has 0 saturated carbocycles. The molecule has 5 heteroatoms. The SMILES string of the molecule is CCc1cc(CC(=O)CC2COCCN2)n(C)n1. The molecule has 5 nitrogen and oxygen atoms in total. The van der Waals surface area contributed by atoms with Crippen LogP contribution in [0, 0.1) is 0 Å². The van der Waals surface area contributed by atoms with Crippen LogP contribution in [0.15, 0.2) is 6.07 Å². The predicted molar refractivity (Wildman–Crippen MR) is 68.5 cm³/mol. The summed E-state index contributed by atoms with van der Waals surface area (Å²) >= 11 is 0. The summed E-state index contributed by atoms with van der Waals surface area (Å²) < 4.78 is 7.15. The first-order valence-corrected chi connectivity index (χ1v) is 6.53. The fourth-order valence-electron chi connectivity index (χ4n) is 2.21. The van der Waals surface area contributed by atoms with Crippen molar-refractivity contribution < 1.29 is 9.53 Å². The first-order chi connectivity index (χ1) is 8.69. The predicted octanol–water partition coefficient (Wildman–Crippen LogP) is 0.473. The van der Waals surface area contributed by atoms with Gasteiger partial charge in [0.15, 0.2) is 0 Å². The first kappa shape index (κ1) is 13.2. The van der Waals surface area contributed by atoms with Crippen molar-refractivity contribution in [3.63, 3.8) is 0 Å². The van der Waals surface area contributed by atoms with E-state index in [1.807, 2.05) is 17.8 Å². The lowest BCUT2D eigenvalue weighted by molar-refractivity contribution is -0.119. The van der Waals surface area contributed by atoms with Crippen molar-refractivity contribution in [3.05, 3.63) is 17.5 Å². The summed E-state index contributed by atoms with van der Waals surface area (Å²) in [5.41, 5.74) is 2.04. The van der Waals surface area contributed by atoms with E-state index in [0.29, 0.717) is 19.4 Å². The normalized spacial score (nSPS) is 20.0. The molecule has 1 atom stereocenters. The molecule has 1 aromatic rings. The second-order valence-electron chi connectivity index (χ2n) is 4.75. The number of rotatable bonds is 5. The van der Waals surface area contributed by atoms with E-state index in [9.17, 15) is 4.79 Å². The molecule has 1 unspecified atom stereocenters. The van der Waals surface area contributed by atoms with Gasteiger partial charge in [-0.05, 0) is 12.5 Å². The first-order valence-electron chi connectivity index (χ1n) is 6.53. The zero-order chi connectivity index (χ0) is 13.0. The maximum Gasteiger partial charge on any atom is 0.140 e. The van der Waals surface area contributed by atoms with Crippen molar-refractivity contribution in [2.24, 2.45) is 7.05 Å². The van der Waals surface area contributed by atoms with E-state index < -0.39 is 0 Å². The Kier molecular flexibility index (Phi) is 4.49. The molecule has 0 radical (unpaired) electrons. The fourth-order valence-corrected chi connectivity index (χ4v) is 2.21. The van der Waals surface area contributed by atoms with Crippen molar-refractivity contribution in [2.45, 2.75) is 32.2 Å². The summed E-state index contributed by atoms with van der Waals surface area (Å²) in [4.78, 5) is 12.0. The van der Waals surface area contributed by atoms with E-state index in [4.69, 9.17) is 4.74 Å². The topological polar surface area (TPSA) is 56.1 Å². The standard InChI is InChI=1S/C13H21N3O2/c1-3-10-6-12(16(2)15-10)8-13(17)7-11-9-18-5-4-14-11/h6,11,14H,3-5,7-9H2,1-2H3. The Morgan fingerprint density at radius 3 is 3.11 bits per heavy atom. The van der Waals surface area contributed by atoms with Gasteiger partial charge in [-0.3, -0.25) is 9.48 Å². The molecule has 1 N–H and O–H groups in total. The minimum absolute atomic E-state index is 0.171. The smallest absolute Gasteiger partial charge is 0.140 e. The number of aromatic nitrogens is 2. The number of hydrogen-bond donors (Lipinski definition) is 1. The molecule has 0 aliphatic carbocycles. The molecule has 2 heterocycles. The summed E-state index contributed by atoms with van der Waals surface area (Å²) in [5.74, 6) is 0.239. The number of nitrogens with one attached hydrogen (secondary N) is 1. The van der Waals surface area contributed by atoms with Crippen molar-refractivity contribution >= 4 is 5.78 Å². The monoisotopic (exact) mass is 251 g/mol. The Labute approximate surface area is 108 Å². The summed E-state index contributed by atoms with van der Waals surface area (Å²) in [6, 6.07) is 2.19. The van der Waals surface area contributed by atoms with Gasteiger partial charge < -0.3 is 10.1 Å². The number of hydrogen-bond acceptors (Lipinski definition) is 4. The number of aryl methyl sites for hydroxylation is 2. The van der Waals surface area contributed by atoms with E-state index in [1.165, 1.54) is 0 Å². The summed E-state index contributed by atoms with van der Waals surface area (Å²) in [6.45, 7) is 4.28. The van der Waals surface area contributed by atoms with Gasteiger partial charge in [0.05, 0.1) is 18.9 Å². The van der Waals surface area contributed by atoms with Crippen LogP contribution in [0.3, 0.4) is 0 Å². The molecule has 1 fully saturated rings. The molecule has 0 spiro atoms. The van der Waals surface area contributed by atoms with Gasteiger partial charge >= 0.3 is 0 Å². The quantitative estimate of drug-likeness (QED) is 0.826. The zero-order valence-corrected chi connectivity index (χ0v) is 11.1. The van der Waals surface area contributed by atoms with E-state index in [1.54, 1.807) is 0 Å². The molecular weight excluding hydrogens is 230 g/mol. The van der Waals surface area contributed by atoms with Gasteiger partial charge in [-0.25, -0.2) is 0 Å². The molecule has 1 saturated heterocycles. The number of Topliss-reactive ketones (excluding diaryl/α,β-unsaturated/α-hetero) is 1. The highest BCUT2D eigenvalue weighted by Crippen LogP contribution is 2.08. The molecule has 18 heavy (non-hydrogen) atoms. The summed E-state index contributed by atoms with van der Waals surface area (Å²) in [6.07, 6.45) is 1.90. The average Bonchev–Trinajstić information content (AvgIpc) is 2.71. The highest BCUT2D eigenvalue weighted by Gasteiger charge is 2.18. The van der Waals surface area contributed by atoms with Gasteiger partial charge in [0.25, 0.3) is 0 Å². The number of morpholine rings is 1. The van der Waals surface area contributed by atoms with Crippen LogP contribution < -0.4 is 5.32 Å². The highest BCUT2D eigenvalue weighted by molar-refractivity contribution is 5.81. The minimum atomic E-state index is 0.171. The van der Waals surface area contributed by atoms with Crippen molar-refractivity contribution in [2.75, 3.05) is 19.8 Å². The Bertz CT molecular complexity index is 408. The number of carbonyl (C=O) groups is 1. The third kappa shape index (κ3) is 3.40. The largest absolute Gasteiger partial charge is 0.379 e. The van der Waals surface area contributed by atoms with Crippen molar-refractivity contribution in [3.8, 4) is 0 Å². The number of carbonyl (C=O) groups excluding carboxylic acids is 1. The fraction of sp³-hybridized carbons (Fsp3) is 0.692. The van der Waals surface area contributed by atoms with E-state index in [-0.39, 0.29) is 11.8 Å². The summed E-state index contributed by atoms with van der Waals surface area (Å²) in [5, 5.41) is 7.65. The molecule has 0 aromatic carbocycles. The number of ketones is 1. The lowest BCUT2D eigenvalue weighted by atomic mass is 10.1. The molecule has 100 valence electrons. The Balaban J connectivity index is 1.87. The van der Waals surface area contributed by atoms with E-state index >= 15 is 0 Å². The third-order valence-electron chi connectivity index (χ3n) is 3.24. The Hall–Kier alpha value is -1.20.